The van der Waals surface area contributed by atoms with Gasteiger partial charge >= 0.3 is 5.97 Å². The average Bonchev–Trinajstić information content (AvgIpc) is 2.66. The van der Waals surface area contributed by atoms with Crippen LogP contribution in [-0.2, 0) is 9.59 Å². The first-order valence-electron chi connectivity index (χ1n) is 6.20. The minimum atomic E-state index is -0.908. The van der Waals surface area contributed by atoms with Crippen LogP contribution in [0.4, 0.5) is 5.69 Å². The number of carboxylic acids is 1. The van der Waals surface area contributed by atoms with Gasteiger partial charge in [-0.2, -0.15) is 0 Å². The summed E-state index contributed by atoms with van der Waals surface area (Å²) in [6.07, 6.45) is 0.188. The molecule has 5 heteroatoms. The van der Waals surface area contributed by atoms with Gasteiger partial charge in [0.2, 0.25) is 5.91 Å². The smallest absolute Gasteiger partial charge is 0.312 e. The molecule has 0 saturated carbocycles. The fourth-order valence-electron chi connectivity index (χ4n) is 2.34. The number of rotatable bonds is 3. The molecule has 0 aromatic heterocycles. The second-order valence-corrected chi connectivity index (χ2v) is 5.62. The number of anilines is 1. The van der Waals surface area contributed by atoms with E-state index in [0.29, 0.717) is 11.3 Å². The SMILES string of the molecule is CC(C)(N)CC(=O)N1CC(C(=O)O)c2ccccc21. The summed E-state index contributed by atoms with van der Waals surface area (Å²) in [6, 6.07) is 7.13. The molecule has 0 fully saturated rings. The maximum atomic E-state index is 12.2. The van der Waals surface area contributed by atoms with Crippen LogP contribution in [0.2, 0.25) is 0 Å². The summed E-state index contributed by atoms with van der Waals surface area (Å²) >= 11 is 0. The van der Waals surface area contributed by atoms with Crippen LogP contribution >= 0.6 is 0 Å². The van der Waals surface area contributed by atoms with Crippen molar-refractivity contribution in [1.29, 1.82) is 0 Å². The fraction of sp³-hybridized carbons (Fsp3) is 0.429. The van der Waals surface area contributed by atoms with Gasteiger partial charge in [-0.1, -0.05) is 18.2 Å². The Labute approximate surface area is 112 Å². The topological polar surface area (TPSA) is 83.6 Å². The van der Waals surface area contributed by atoms with Crippen molar-refractivity contribution in [2.45, 2.75) is 31.7 Å². The highest BCUT2D eigenvalue weighted by atomic mass is 16.4. The summed E-state index contributed by atoms with van der Waals surface area (Å²) in [7, 11) is 0. The lowest BCUT2D eigenvalue weighted by Crippen LogP contribution is -2.41. The van der Waals surface area contributed by atoms with Crippen LogP contribution in [0.5, 0.6) is 0 Å². The summed E-state index contributed by atoms with van der Waals surface area (Å²) < 4.78 is 0. The zero-order valence-corrected chi connectivity index (χ0v) is 11.1. The minimum absolute atomic E-state index is 0.135. The highest BCUT2D eigenvalue weighted by Gasteiger charge is 2.37. The van der Waals surface area contributed by atoms with Gasteiger partial charge < -0.3 is 15.7 Å². The summed E-state index contributed by atoms with van der Waals surface area (Å²) in [5, 5.41) is 9.23. The van der Waals surface area contributed by atoms with Crippen molar-refractivity contribution in [3.8, 4) is 0 Å². The second-order valence-electron chi connectivity index (χ2n) is 5.62. The molecule has 1 aliphatic heterocycles. The summed E-state index contributed by atoms with van der Waals surface area (Å²) in [5.41, 5.74) is 6.63. The van der Waals surface area contributed by atoms with Gasteiger partial charge in [0, 0.05) is 24.2 Å². The Bertz CT molecular complexity index is 520. The molecular weight excluding hydrogens is 244 g/mol. The molecule has 0 saturated heterocycles. The van der Waals surface area contributed by atoms with Gasteiger partial charge in [-0.05, 0) is 25.5 Å². The molecule has 1 heterocycles. The Morgan fingerprint density at radius 2 is 2.05 bits per heavy atom. The quantitative estimate of drug-likeness (QED) is 0.860. The Balaban J connectivity index is 2.30. The van der Waals surface area contributed by atoms with Crippen LogP contribution in [0.3, 0.4) is 0 Å². The first-order chi connectivity index (χ1) is 8.79. The predicted molar refractivity (Wildman–Crippen MR) is 72.1 cm³/mol. The Kier molecular flexibility index (Phi) is 3.32. The lowest BCUT2D eigenvalue weighted by molar-refractivity contribution is -0.138. The summed E-state index contributed by atoms with van der Waals surface area (Å²) in [6.45, 7) is 3.74. The van der Waals surface area contributed by atoms with Crippen LogP contribution in [-0.4, -0.2) is 29.1 Å². The molecule has 0 bridgehead atoms. The van der Waals surface area contributed by atoms with Crippen molar-refractivity contribution in [2.24, 2.45) is 5.73 Å². The highest BCUT2D eigenvalue weighted by molar-refractivity contribution is 5.99. The first kappa shape index (κ1) is 13.5. The number of hydrogen-bond acceptors (Lipinski definition) is 3. The third-order valence-corrected chi connectivity index (χ3v) is 3.17. The minimum Gasteiger partial charge on any atom is -0.481 e. The molecule has 19 heavy (non-hydrogen) atoms. The van der Waals surface area contributed by atoms with E-state index < -0.39 is 17.4 Å². The molecule has 5 nitrogen and oxygen atoms in total. The molecular formula is C14H18N2O3. The number of amides is 1. The van der Waals surface area contributed by atoms with Gasteiger partial charge in [0.05, 0.1) is 0 Å². The van der Waals surface area contributed by atoms with Crippen molar-refractivity contribution in [3.05, 3.63) is 29.8 Å². The van der Waals surface area contributed by atoms with Gasteiger partial charge in [-0.25, -0.2) is 0 Å². The van der Waals surface area contributed by atoms with Gasteiger partial charge in [-0.3, -0.25) is 9.59 Å². The van der Waals surface area contributed by atoms with E-state index in [0.717, 1.165) is 0 Å². The average molecular weight is 262 g/mol. The number of benzene rings is 1. The molecule has 1 aromatic rings. The van der Waals surface area contributed by atoms with Crippen molar-refractivity contribution in [3.63, 3.8) is 0 Å². The predicted octanol–water partition coefficient (Wildman–Crippen LogP) is 1.33. The molecule has 1 amide bonds. The number of carbonyl (C=O) groups is 2. The number of hydrogen-bond donors (Lipinski definition) is 2. The van der Waals surface area contributed by atoms with Crippen LogP contribution in [0.25, 0.3) is 0 Å². The third kappa shape index (κ3) is 2.76. The van der Waals surface area contributed by atoms with E-state index in [1.165, 1.54) is 4.90 Å². The van der Waals surface area contributed by atoms with E-state index in [9.17, 15) is 14.7 Å². The zero-order valence-electron chi connectivity index (χ0n) is 11.1. The Morgan fingerprint density at radius 1 is 1.42 bits per heavy atom. The maximum absolute atomic E-state index is 12.2. The van der Waals surface area contributed by atoms with Crippen LogP contribution in [0.15, 0.2) is 24.3 Å². The molecule has 0 spiro atoms. The van der Waals surface area contributed by atoms with E-state index in [2.05, 4.69) is 0 Å². The van der Waals surface area contributed by atoms with Crippen molar-refractivity contribution in [1.82, 2.24) is 0 Å². The normalized spacial score (nSPS) is 18.3. The maximum Gasteiger partial charge on any atom is 0.312 e. The molecule has 2 rings (SSSR count). The number of aliphatic carboxylic acids is 1. The molecule has 0 aliphatic carbocycles. The molecule has 102 valence electrons. The third-order valence-electron chi connectivity index (χ3n) is 3.17. The van der Waals surface area contributed by atoms with E-state index in [4.69, 9.17) is 5.73 Å². The number of nitrogens with two attached hydrogens (primary N) is 1. The number of nitrogens with zero attached hydrogens (tertiary/aromatic N) is 1. The van der Waals surface area contributed by atoms with Gasteiger partial charge in [0.25, 0.3) is 0 Å². The van der Waals surface area contributed by atoms with Gasteiger partial charge in [-0.15, -0.1) is 0 Å². The number of para-hydroxylation sites is 1. The van der Waals surface area contributed by atoms with Crippen LogP contribution in [0, 0.1) is 0 Å². The summed E-state index contributed by atoms with van der Waals surface area (Å²) in [4.78, 5) is 25.0. The first-order valence-corrected chi connectivity index (χ1v) is 6.20. The summed E-state index contributed by atoms with van der Waals surface area (Å²) in [5.74, 6) is -1.69. The highest BCUT2D eigenvalue weighted by Crippen LogP contribution is 2.36. The molecule has 1 unspecified atom stereocenters. The lowest BCUT2D eigenvalue weighted by Gasteiger charge is -2.23. The largest absolute Gasteiger partial charge is 0.481 e. The number of carboxylic acid groups (broad SMARTS) is 1. The van der Waals surface area contributed by atoms with Gasteiger partial charge in [0.1, 0.15) is 5.92 Å². The molecule has 0 radical (unpaired) electrons. The zero-order chi connectivity index (χ0) is 14.2. The van der Waals surface area contributed by atoms with Crippen LogP contribution in [0.1, 0.15) is 31.7 Å². The number of carbonyl (C=O) groups excluding carboxylic acids is 1. The Morgan fingerprint density at radius 3 is 2.63 bits per heavy atom. The van der Waals surface area contributed by atoms with E-state index >= 15 is 0 Å². The standard InChI is InChI=1S/C14H18N2O3/c1-14(2,15)7-12(17)16-8-10(13(18)19)9-5-3-4-6-11(9)16/h3-6,10H,7-8,15H2,1-2H3,(H,18,19). The number of fused-ring (bicyclic) bond motifs is 1. The molecule has 1 aromatic carbocycles. The second kappa shape index (κ2) is 4.66. The van der Waals surface area contributed by atoms with E-state index in [1.54, 1.807) is 38.1 Å². The van der Waals surface area contributed by atoms with Crippen molar-refractivity contribution in [2.75, 3.05) is 11.4 Å². The molecule has 1 atom stereocenters. The Hall–Kier alpha value is -1.88. The van der Waals surface area contributed by atoms with Crippen molar-refractivity contribution < 1.29 is 14.7 Å². The van der Waals surface area contributed by atoms with Crippen LogP contribution < -0.4 is 10.6 Å². The van der Waals surface area contributed by atoms with E-state index in [1.807, 2.05) is 0 Å². The molecule has 3 N–H and O–H groups in total. The fourth-order valence-corrected chi connectivity index (χ4v) is 2.34. The van der Waals surface area contributed by atoms with E-state index in [-0.39, 0.29) is 18.9 Å². The van der Waals surface area contributed by atoms with Gasteiger partial charge in [0.15, 0.2) is 0 Å². The molecule has 1 aliphatic rings. The monoisotopic (exact) mass is 262 g/mol. The van der Waals surface area contributed by atoms with Crippen molar-refractivity contribution >= 4 is 17.6 Å². The lowest BCUT2D eigenvalue weighted by atomic mass is 10.0.